The van der Waals surface area contributed by atoms with Crippen molar-refractivity contribution in [1.29, 1.82) is 0 Å². The Morgan fingerprint density at radius 3 is 2.76 bits per heavy atom. The van der Waals surface area contributed by atoms with E-state index in [1.807, 2.05) is 31.2 Å². The number of carbonyl (C=O) groups excluding carboxylic acids is 1. The van der Waals surface area contributed by atoms with Crippen molar-refractivity contribution in [2.75, 3.05) is 6.61 Å². The Morgan fingerprint density at radius 2 is 2.12 bits per heavy atom. The molecule has 0 saturated heterocycles. The first-order chi connectivity index (χ1) is 8.20. The highest BCUT2D eigenvalue weighted by atomic mass is 16.5. The first-order valence-electron chi connectivity index (χ1n) is 5.54. The standard InChI is InChI=1S/C14H14O3/c1-3-16-14(15)12-6-4-5-11(9-12)13-8-7-10(2)17-13/h4-9H,3H2,1-2H3. The van der Waals surface area contributed by atoms with Gasteiger partial charge in [0.05, 0.1) is 12.2 Å². The summed E-state index contributed by atoms with van der Waals surface area (Å²) in [6.07, 6.45) is 0. The molecule has 2 aromatic rings. The smallest absolute Gasteiger partial charge is 0.338 e. The van der Waals surface area contributed by atoms with E-state index in [2.05, 4.69) is 0 Å². The number of hydrogen-bond donors (Lipinski definition) is 0. The fourth-order valence-corrected chi connectivity index (χ4v) is 1.60. The van der Waals surface area contributed by atoms with Gasteiger partial charge in [-0.25, -0.2) is 4.79 Å². The number of benzene rings is 1. The van der Waals surface area contributed by atoms with Crippen molar-refractivity contribution in [2.24, 2.45) is 0 Å². The number of hydrogen-bond acceptors (Lipinski definition) is 3. The van der Waals surface area contributed by atoms with Gasteiger partial charge in [-0.05, 0) is 38.1 Å². The van der Waals surface area contributed by atoms with Crippen molar-refractivity contribution in [3.05, 3.63) is 47.7 Å². The third-order valence-electron chi connectivity index (χ3n) is 2.40. The Balaban J connectivity index is 2.31. The van der Waals surface area contributed by atoms with Gasteiger partial charge < -0.3 is 9.15 Å². The molecule has 0 unspecified atom stereocenters. The molecule has 0 N–H and O–H groups in total. The van der Waals surface area contributed by atoms with Crippen LogP contribution in [0.2, 0.25) is 0 Å². The molecule has 0 spiro atoms. The fourth-order valence-electron chi connectivity index (χ4n) is 1.60. The molecule has 1 aromatic heterocycles. The average molecular weight is 230 g/mol. The highest BCUT2D eigenvalue weighted by molar-refractivity contribution is 5.90. The molecular weight excluding hydrogens is 216 g/mol. The van der Waals surface area contributed by atoms with Crippen LogP contribution < -0.4 is 0 Å². The van der Waals surface area contributed by atoms with Gasteiger partial charge in [-0.1, -0.05) is 12.1 Å². The van der Waals surface area contributed by atoms with Crippen LogP contribution in [0.5, 0.6) is 0 Å². The van der Waals surface area contributed by atoms with Crippen molar-refractivity contribution in [1.82, 2.24) is 0 Å². The van der Waals surface area contributed by atoms with Crippen LogP contribution in [0.15, 0.2) is 40.8 Å². The van der Waals surface area contributed by atoms with E-state index in [9.17, 15) is 4.79 Å². The third-order valence-corrected chi connectivity index (χ3v) is 2.40. The Kier molecular flexibility index (Phi) is 3.28. The maximum absolute atomic E-state index is 11.6. The van der Waals surface area contributed by atoms with Gasteiger partial charge in [-0.2, -0.15) is 0 Å². The van der Waals surface area contributed by atoms with Gasteiger partial charge in [0.15, 0.2) is 0 Å². The summed E-state index contributed by atoms with van der Waals surface area (Å²) < 4.78 is 10.5. The molecule has 3 nitrogen and oxygen atoms in total. The van der Waals surface area contributed by atoms with Crippen molar-refractivity contribution in [3.63, 3.8) is 0 Å². The molecule has 88 valence electrons. The molecule has 1 aromatic carbocycles. The van der Waals surface area contributed by atoms with Gasteiger partial charge in [-0.15, -0.1) is 0 Å². The summed E-state index contributed by atoms with van der Waals surface area (Å²) in [5, 5.41) is 0. The quantitative estimate of drug-likeness (QED) is 0.758. The first kappa shape index (κ1) is 11.5. The second-order valence-corrected chi connectivity index (χ2v) is 3.71. The lowest BCUT2D eigenvalue weighted by molar-refractivity contribution is 0.0526. The Labute approximate surface area is 100 Å². The number of esters is 1. The van der Waals surface area contributed by atoms with Gasteiger partial charge in [0.1, 0.15) is 11.5 Å². The molecule has 0 aliphatic rings. The molecular formula is C14H14O3. The summed E-state index contributed by atoms with van der Waals surface area (Å²) in [5.41, 5.74) is 1.42. The lowest BCUT2D eigenvalue weighted by Gasteiger charge is -2.03. The Morgan fingerprint density at radius 1 is 1.29 bits per heavy atom. The maximum atomic E-state index is 11.6. The molecule has 2 rings (SSSR count). The summed E-state index contributed by atoms with van der Waals surface area (Å²) in [4.78, 5) is 11.6. The highest BCUT2D eigenvalue weighted by Gasteiger charge is 2.09. The molecule has 0 bridgehead atoms. The molecule has 17 heavy (non-hydrogen) atoms. The summed E-state index contributed by atoms with van der Waals surface area (Å²) in [6.45, 7) is 4.05. The molecule has 0 atom stereocenters. The molecule has 0 radical (unpaired) electrons. The van der Waals surface area contributed by atoms with Crippen LogP contribution in [-0.4, -0.2) is 12.6 Å². The Hall–Kier alpha value is -2.03. The van der Waals surface area contributed by atoms with Crippen LogP contribution in [0, 0.1) is 6.92 Å². The molecule has 0 fully saturated rings. The fraction of sp³-hybridized carbons (Fsp3) is 0.214. The summed E-state index contributed by atoms with van der Waals surface area (Å²) in [6, 6.07) is 11.0. The zero-order chi connectivity index (χ0) is 12.3. The molecule has 0 saturated carbocycles. The normalized spacial score (nSPS) is 10.2. The van der Waals surface area contributed by atoms with Crippen molar-refractivity contribution < 1.29 is 13.9 Å². The lowest BCUT2D eigenvalue weighted by Crippen LogP contribution is -2.04. The summed E-state index contributed by atoms with van der Waals surface area (Å²) >= 11 is 0. The topological polar surface area (TPSA) is 39.4 Å². The van der Waals surface area contributed by atoms with Crippen molar-refractivity contribution >= 4 is 5.97 Å². The van der Waals surface area contributed by atoms with Gasteiger partial charge in [0, 0.05) is 5.56 Å². The molecule has 0 aliphatic heterocycles. The molecule has 0 amide bonds. The van der Waals surface area contributed by atoms with Crippen LogP contribution >= 0.6 is 0 Å². The molecule has 1 heterocycles. The number of ether oxygens (including phenoxy) is 1. The number of rotatable bonds is 3. The molecule has 0 aliphatic carbocycles. The zero-order valence-corrected chi connectivity index (χ0v) is 9.90. The van der Waals surface area contributed by atoms with Crippen LogP contribution in [0.3, 0.4) is 0 Å². The monoisotopic (exact) mass is 230 g/mol. The predicted molar refractivity (Wildman–Crippen MR) is 64.8 cm³/mol. The van der Waals surface area contributed by atoms with Gasteiger partial charge in [0.2, 0.25) is 0 Å². The minimum absolute atomic E-state index is 0.308. The van der Waals surface area contributed by atoms with E-state index >= 15 is 0 Å². The van der Waals surface area contributed by atoms with Crippen LogP contribution in [0.1, 0.15) is 23.0 Å². The van der Waals surface area contributed by atoms with E-state index in [1.54, 1.807) is 19.1 Å². The summed E-state index contributed by atoms with van der Waals surface area (Å²) in [5.74, 6) is 1.30. The number of aryl methyl sites for hydroxylation is 1. The SMILES string of the molecule is CCOC(=O)c1cccc(-c2ccc(C)o2)c1. The third kappa shape index (κ3) is 2.56. The second-order valence-electron chi connectivity index (χ2n) is 3.71. The number of carbonyl (C=O) groups is 1. The highest BCUT2D eigenvalue weighted by Crippen LogP contribution is 2.22. The van der Waals surface area contributed by atoms with Crippen LogP contribution in [0.25, 0.3) is 11.3 Å². The van der Waals surface area contributed by atoms with E-state index in [0.717, 1.165) is 17.1 Å². The molecule has 3 heteroatoms. The van der Waals surface area contributed by atoms with E-state index in [1.165, 1.54) is 0 Å². The minimum Gasteiger partial charge on any atom is -0.462 e. The van der Waals surface area contributed by atoms with Gasteiger partial charge >= 0.3 is 5.97 Å². The largest absolute Gasteiger partial charge is 0.462 e. The average Bonchev–Trinajstić information content (AvgIpc) is 2.76. The lowest BCUT2D eigenvalue weighted by atomic mass is 10.1. The predicted octanol–water partition coefficient (Wildman–Crippen LogP) is 3.43. The van der Waals surface area contributed by atoms with E-state index in [4.69, 9.17) is 9.15 Å². The van der Waals surface area contributed by atoms with Crippen molar-refractivity contribution in [3.8, 4) is 11.3 Å². The van der Waals surface area contributed by atoms with Gasteiger partial charge in [-0.3, -0.25) is 0 Å². The van der Waals surface area contributed by atoms with Crippen molar-refractivity contribution in [2.45, 2.75) is 13.8 Å². The minimum atomic E-state index is -0.308. The number of furan rings is 1. The van der Waals surface area contributed by atoms with Gasteiger partial charge in [0.25, 0.3) is 0 Å². The van der Waals surface area contributed by atoms with E-state index < -0.39 is 0 Å². The van der Waals surface area contributed by atoms with E-state index in [0.29, 0.717) is 12.2 Å². The maximum Gasteiger partial charge on any atom is 0.338 e. The van der Waals surface area contributed by atoms with Crippen LogP contribution in [0.4, 0.5) is 0 Å². The van der Waals surface area contributed by atoms with E-state index in [-0.39, 0.29) is 5.97 Å². The first-order valence-corrected chi connectivity index (χ1v) is 5.54. The summed E-state index contributed by atoms with van der Waals surface area (Å²) in [7, 11) is 0. The zero-order valence-electron chi connectivity index (χ0n) is 9.90. The Bertz CT molecular complexity index is 526. The van der Waals surface area contributed by atoms with Crippen LogP contribution in [-0.2, 0) is 4.74 Å². The second kappa shape index (κ2) is 4.87.